The monoisotopic (exact) mass is 381 g/mol. The van der Waals surface area contributed by atoms with Gasteiger partial charge in [0.2, 0.25) is 17.7 Å². The number of nitrogens with zero attached hydrogens (tertiary/aromatic N) is 1. The summed E-state index contributed by atoms with van der Waals surface area (Å²) in [4.78, 5) is 38.0. The molecule has 0 aliphatic carbocycles. The van der Waals surface area contributed by atoms with E-state index in [-0.39, 0.29) is 24.1 Å². The predicted octanol–water partition coefficient (Wildman–Crippen LogP) is 2.64. The second-order valence-corrected chi connectivity index (χ2v) is 6.75. The molecule has 1 unspecified atom stereocenters. The molecule has 1 atom stereocenters. The van der Waals surface area contributed by atoms with Crippen molar-refractivity contribution in [2.45, 2.75) is 19.9 Å². The maximum Gasteiger partial charge on any atom is 0.229 e. The normalized spacial score (nSPS) is 16.0. The third kappa shape index (κ3) is 4.68. The number of ether oxygens (including phenoxy) is 1. The van der Waals surface area contributed by atoms with Crippen LogP contribution in [0.2, 0.25) is 0 Å². The fourth-order valence-corrected chi connectivity index (χ4v) is 3.23. The van der Waals surface area contributed by atoms with Crippen LogP contribution in [-0.4, -0.2) is 36.3 Å². The van der Waals surface area contributed by atoms with Crippen LogP contribution in [0.3, 0.4) is 0 Å². The fraction of sp³-hybridized carbons (Fsp3) is 0.286. The van der Waals surface area contributed by atoms with Gasteiger partial charge in [-0.3, -0.25) is 14.4 Å². The van der Waals surface area contributed by atoms with E-state index in [0.29, 0.717) is 30.2 Å². The summed E-state index contributed by atoms with van der Waals surface area (Å²) < 4.78 is 5.29. The van der Waals surface area contributed by atoms with Crippen LogP contribution in [0.4, 0.5) is 11.4 Å². The molecule has 3 rings (SSSR count). The van der Waals surface area contributed by atoms with Crippen molar-refractivity contribution in [3.63, 3.8) is 0 Å². The van der Waals surface area contributed by atoms with Crippen LogP contribution in [-0.2, 0) is 20.9 Å². The number of likely N-dealkylation sites (tertiary alicyclic amines) is 1. The number of benzene rings is 2. The molecule has 3 amide bonds. The lowest BCUT2D eigenvalue weighted by Crippen LogP contribution is -2.28. The van der Waals surface area contributed by atoms with Gasteiger partial charge in [-0.25, -0.2) is 0 Å². The summed E-state index contributed by atoms with van der Waals surface area (Å²) in [6.45, 7) is 2.27. The maximum absolute atomic E-state index is 12.7. The van der Waals surface area contributed by atoms with Crippen LogP contribution >= 0.6 is 0 Å². The predicted molar refractivity (Wildman–Crippen MR) is 106 cm³/mol. The van der Waals surface area contributed by atoms with Crippen molar-refractivity contribution in [3.05, 3.63) is 54.1 Å². The van der Waals surface area contributed by atoms with E-state index in [2.05, 4.69) is 10.6 Å². The summed E-state index contributed by atoms with van der Waals surface area (Å²) >= 11 is 0. The highest BCUT2D eigenvalue weighted by atomic mass is 16.5. The lowest BCUT2D eigenvalue weighted by Gasteiger charge is -2.17. The number of methoxy groups -OCH3 is 1. The highest BCUT2D eigenvalue weighted by molar-refractivity contribution is 5.99. The smallest absolute Gasteiger partial charge is 0.229 e. The number of nitrogens with one attached hydrogen (secondary N) is 2. The first-order valence-corrected chi connectivity index (χ1v) is 9.04. The highest BCUT2D eigenvalue weighted by Crippen LogP contribution is 2.29. The van der Waals surface area contributed by atoms with Gasteiger partial charge in [0.15, 0.2) is 0 Å². The Kier molecular flexibility index (Phi) is 5.93. The van der Waals surface area contributed by atoms with Crippen molar-refractivity contribution >= 4 is 29.1 Å². The van der Waals surface area contributed by atoms with Crippen LogP contribution in [0.25, 0.3) is 0 Å². The maximum atomic E-state index is 12.7. The molecular formula is C21H23N3O4. The van der Waals surface area contributed by atoms with Crippen LogP contribution in [0, 0.1) is 5.92 Å². The minimum Gasteiger partial charge on any atom is -0.495 e. The molecule has 1 aliphatic heterocycles. The van der Waals surface area contributed by atoms with Crippen LogP contribution < -0.4 is 15.4 Å². The Morgan fingerprint density at radius 1 is 1.14 bits per heavy atom. The molecule has 1 saturated heterocycles. The third-order valence-electron chi connectivity index (χ3n) is 4.58. The topological polar surface area (TPSA) is 87.7 Å². The Labute approximate surface area is 163 Å². The Bertz CT molecular complexity index is 882. The van der Waals surface area contributed by atoms with Gasteiger partial charge >= 0.3 is 0 Å². The molecule has 146 valence electrons. The summed E-state index contributed by atoms with van der Waals surface area (Å²) in [6, 6.07) is 14.7. The first-order valence-electron chi connectivity index (χ1n) is 9.04. The van der Waals surface area contributed by atoms with Gasteiger partial charge in [-0.05, 0) is 23.8 Å². The van der Waals surface area contributed by atoms with Gasteiger partial charge in [-0.2, -0.15) is 0 Å². The van der Waals surface area contributed by atoms with E-state index < -0.39 is 5.92 Å². The molecule has 0 spiro atoms. The Morgan fingerprint density at radius 2 is 1.89 bits per heavy atom. The van der Waals surface area contributed by atoms with E-state index in [1.165, 1.54) is 14.0 Å². The van der Waals surface area contributed by atoms with Gasteiger partial charge in [0, 0.05) is 32.1 Å². The lowest BCUT2D eigenvalue weighted by atomic mass is 10.1. The Balaban J connectivity index is 1.68. The molecule has 7 heteroatoms. The van der Waals surface area contributed by atoms with Crippen molar-refractivity contribution < 1.29 is 19.1 Å². The Morgan fingerprint density at radius 3 is 2.57 bits per heavy atom. The fourth-order valence-electron chi connectivity index (χ4n) is 3.23. The average molecular weight is 381 g/mol. The van der Waals surface area contributed by atoms with E-state index in [4.69, 9.17) is 4.74 Å². The van der Waals surface area contributed by atoms with E-state index in [1.807, 2.05) is 30.3 Å². The van der Waals surface area contributed by atoms with Gasteiger partial charge in [0.05, 0.1) is 18.7 Å². The van der Waals surface area contributed by atoms with E-state index >= 15 is 0 Å². The number of amides is 3. The number of hydrogen-bond acceptors (Lipinski definition) is 4. The van der Waals surface area contributed by atoms with Crippen molar-refractivity contribution in [3.8, 4) is 5.75 Å². The molecule has 28 heavy (non-hydrogen) atoms. The number of anilines is 2. The molecule has 0 aromatic heterocycles. The molecular weight excluding hydrogens is 358 g/mol. The molecule has 2 N–H and O–H groups in total. The zero-order valence-corrected chi connectivity index (χ0v) is 15.9. The largest absolute Gasteiger partial charge is 0.495 e. The summed E-state index contributed by atoms with van der Waals surface area (Å²) in [5.74, 6) is -0.455. The molecule has 0 radical (unpaired) electrons. The van der Waals surface area contributed by atoms with Gasteiger partial charge < -0.3 is 20.3 Å². The highest BCUT2D eigenvalue weighted by Gasteiger charge is 2.34. The van der Waals surface area contributed by atoms with Crippen molar-refractivity contribution in [2.75, 3.05) is 24.3 Å². The minimum atomic E-state index is -0.439. The van der Waals surface area contributed by atoms with Crippen LogP contribution in [0.1, 0.15) is 18.9 Å². The van der Waals surface area contributed by atoms with E-state index in [0.717, 1.165) is 5.56 Å². The van der Waals surface area contributed by atoms with E-state index in [1.54, 1.807) is 23.1 Å². The summed E-state index contributed by atoms with van der Waals surface area (Å²) in [5, 5.41) is 5.50. The molecule has 0 bridgehead atoms. The number of carbonyl (C=O) groups is 3. The summed E-state index contributed by atoms with van der Waals surface area (Å²) in [5.41, 5.74) is 2.03. The molecule has 2 aromatic carbocycles. The van der Waals surface area contributed by atoms with Gasteiger partial charge in [-0.15, -0.1) is 0 Å². The number of carbonyl (C=O) groups excluding carboxylic acids is 3. The van der Waals surface area contributed by atoms with Crippen LogP contribution in [0.5, 0.6) is 5.75 Å². The second kappa shape index (κ2) is 8.56. The Hall–Kier alpha value is -3.35. The molecule has 1 heterocycles. The average Bonchev–Trinajstić information content (AvgIpc) is 3.03. The van der Waals surface area contributed by atoms with Gasteiger partial charge in [0.25, 0.3) is 0 Å². The second-order valence-electron chi connectivity index (χ2n) is 6.75. The zero-order valence-electron chi connectivity index (χ0n) is 15.9. The number of hydrogen-bond donors (Lipinski definition) is 2. The minimum absolute atomic E-state index is 0.0389. The van der Waals surface area contributed by atoms with Crippen molar-refractivity contribution in [1.29, 1.82) is 0 Å². The summed E-state index contributed by atoms with van der Waals surface area (Å²) in [6.07, 6.45) is 0.173. The van der Waals surface area contributed by atoms with Crippen LogP contribution in [0.15, 0.2) is 48.5 Å². The number of rotatable bonds is 6. The SMILES string of the molecule is COc1ccc(NC(C)=O)cc1NC(=O)C1CC(=O)N(Cc2ccccc2)C1. The quantitative estimate of drug-likeness (QED) is 0.805. The molecule has 0 saturated carbocycles. The lowest BCUT2D eigenvalue weighted by molar-refractivity contribution is -0.128. The molecule has 7 nitrogen and oxygen atoms in total. The van der Waals surface area contributed by atoms with Gasteiger partial charge in [0.1, 0.15) is 5.75 Å². The van der Waals surface area contributed by atoms with E-state index in [9.17, 15) is 14.4 Å². The molecule has 1 fully saturated rings. The van der Waals surface area contributed by atoms with Crippen molar-refractivity contribution in [1.82, 2.24) is 4.90 Å². The summed E-state index contributed by atoms with van der Waals surface area (Å²) in [7, 11) is 1.50. The molecule has 1 aliphatic rings. The first-order chi connectivity index (χ1) is 13.5. The molecule has 2 aromatic rings. The van der Waals surface area contributed by atoms with Gasteiger partial charge in [-0.1, -0.05) is 30.3 Å². The standard InChI is InChI=1S/C21H23N3O4/c1-14(25)22-17-8-9-19(28-2)18(11-17)23-21(27)16-10-20(26)24(13-16)12-15-6-4-3-5-7-15/h3-9,11,16H,10,12-13H2,1-2H3,(H,22,25)(H,23,27). The third-order valence-corrected chi connectivity index (χ3v) is 4.58. The van der Waals surface area contributed by atoms with Crippen molar-refractivity contribution in [2.24, 2.45) is 5.92 Å². The zero-order chi connectivity index (χ0) is 20.1. The first kappa shape index (κ1) is 19.4.